The summed E-state index contributed by atoms with van der Waals surface area (Å²) in [7, 11) is 0. The molecule has 0 aromatic heterocycles. The minimum Gasteiger partial charge on any atom is -0.397 e. The number of carbonyl (C=O) groups excluding carboxylic acids is 1. The highest BCUT2D eigenvalue weighted by molar-refractivity contribution is 7.99. The number of nitrogen functional groups attached to an aromatic ring is 1. The van der Waals surface area contributed by atoms with Gasteiger partial charge in [0.05, 0.1) is 21.4 Å². The minimum atomic E-state index is -0.118. The van der Waals surface area contributed by atoms with Crippen molar-refractivity contribution in [2.24, 2.45) is 0 Å². The number of hydrogen-bond acceptors (Lipinski definition) is 3. The van der Waals surface area contributed by atoms with E-state index in [1.807, 2.05) is 24.3 Å². The van der Waals surface area contributed by atoms with Crippen LogP contribution < -0.4 is 10.6 Å². The Kier molecular flexibility index (Phi) is 4.02. The number of halogens is 2. The van der Waals surface area contributed by atoms with E-state index in [2.05, 4.69) is 0 Å². The van der Waals surface area contributed by atoms with Gasteiger partial charge in [-0.15, -0.1) is 11.8 Å². The Bertz CT molecular complexity index is 698. The molecule has 0 aliphatic carbocycles. The van der Waals surface area contributed by atoms with Crippen LogP contribution in [0.3, 0.4) is 0 Å². The fourth-order valence-electron chi connectivity index (χ4n) is 2.27. The smallest absolute Gasteiger partial charge is 0.258 e. The summed E-state index contributed by atoms with van der Waals surface area (Å²) in [5.74, 6) is 0.743. The molecule has 0 saturated carbocycles. The van der Waals surface area contributed by atoms with Crippen LogP contribution in [-0.2, 0) is 0 Å². The molecule has 1 aliphatic heterocycles. The first-order valence-corrected chi connectivity index (χ1v) is 8.10. The number of fused-ring (bicyclic) bond motifs is 1. The lowest BCUT2D eigenvalue weighted by Crippen LogP contribution is -2.35. The number of carbonyl (C=O) groups is 1. The molecule has 21 heavy (non-hydrogen) atoms. The summed E-state index contributed by atoms with van der Waals surface area (Å²) >= 11 is 13.7. The van der Waals surface area contributed by atoms with Crippen molar-refractivity contribution in [3.8, 4) is 0 Å². The van der Waals surface area contributed by atoms with Gasteiger partial charge in [0, 0.05) is 22.8 Å². The minimum absolute atomic E-state index is 0.118. The van der Waals surface area contributed by atoms with Crippen LogP contribution in [0.1, 0.15) is 10.4 Å². The molecule has 1 amide bonds. The van der Waals surface area contributed by atoms with Crippen molar-refractivity contribution in [3.63, 3.8) is 0 Å². The zero-order valence-corrected chi connectivity index (χ0v) is 13.3. The molecular formula is C15H12Cl2N2OS. The number of anilines is 2. The summed E-state index contributed by atoms with van der Waals surface area (Å²) in [6, 6.07) is 11.0. The second-order valence-corrected chi connectivity index (χ2v) is 6.56. The molecule has 0 saturated heterocycles. The maximum atomic E-state index is 12.7. The van der Waals surface area contributed by atoms with Crippen LogP contribution >= 0.6 is 35.0 Å². The number of amides is 1. The molecule has 1 aliphatic rings. The van der Waals surface area contributed by atoms with E-state index < -0.39 is 0 Å². The fraction of sp³-hybridized carbons (Fsp3) is 0.133. The second-order valence-electron chi connectivity index (χ2n) is 4.63. The largest absolute Gasteiger partial charge is 0.397 e. The summed E-state index contributed by atoms with van der Waals surface area (Å²) in [5, 5.41) is 0.572. The topological polar surface area (TPSA) is 46.3 Å². The predicted octanol–water partition coefficient (Wildman–Crippen LogP) is 4.33. The average molecular weight is 339 g/mol. The third-order valence-corrected chi connectivity index (χ3v) is 5.14. The molecular weight excluding hydrogens is 327 g/mol. The first-order valence-electron chi connectivity index (χ1n) is 6.36. The molecule has 3 nitrogen and oxygen atoms in total. The third kappa shape index (κ3) is 2.71. The summed E-state index contributed by atoms with van der Waals surface area (Å²) in [4.78, 5) is 15.6. The van der Waals surface area contributed by atoms with E-state index >= 15 is 0 Å². The second kappa shape index (κ2) is 5.79. The van der Waals surface area contributed by atoms with Gasteiger partial charge in [0.15, 0.2) is 0 Å². The Morgan fingerprint density at radius 1 is 1.24 bits per heavy atom. The quantitative estimate of drug-likeness (QED) is 0.787. The van der Waals surface area contributed by atoms with Gasteiger partial charge in [-0.3, -0.25) is 4.79 Å². The van der Waals surface area contributed by atoms with Crippen LogP contribution in [0.5, 0.6) is 0 Å². The lowest BCUT2D eigenvalue weighted by Gasteiger charge is -2.29. The van der Waals surface area contributed by atoms with E-state index in [4.69, 9.17) is 28.9 Å². The molecule has 3 rings (SSSR count). The van der Waals surface area contributed by atoms with Gasteiger partial charge in [0.2, 0.25) is 0 Å². The Morgan fingerprint density at radius 3 is 2.76 bits per heavy atom. The van der Waals surface area contributed by atoms with E-state index in [0.29, 0.717) is 22.8 Å². The van der Waals surface area contributed by atoms with Crippen LogP contribution in [0.25, 0.3) is 0 Å². The first-order chi connectivity index (χ1) is 10.1. The summed E-state index contributed by atoms with van der Waals surface area (Å²) in [6.07, 6.45) is 0. The van der Waals surface area contributed by atoms with Gasteiger partial charge in [-0.25, -0.2) is 0 Å². The lowest BCUT2D eigenvalue weighted by molar-refractivity contribution is 0.0987. The Morgan fingerprint density at radius 2 is 2.00 bits per heavy atom. The summed E-state index contributed by atoms with van der Waals surface area (Å²) in [6.45, 7) is 0.653. The predicted molar refractivity (Wildman–Crippen MR) is 89.7 cm³/mol. The zero-order valence-electron chi connectivity index (χ0n) is 11.0. The molecule has 6 heteroatoms. The highest BCUT2D eigenvalue weighted by Gasteiger charge is 2.24. The molecule has 1 heterocycles. The molecule has 0 atom stereocenters. The van der Waals surface area contributed by atoms with Crippen molar-refractivity contribution in [1.82, 2.24) is 0 Å². The Hall–Kier alpha value is -1.36. The van der Waals surface area contributed by atoms with Gasteiger partial charge in [-0.1, -0.05) is 35.3 Å². The molecule has 0 fully saturated rings. The zero-order chi connectivity index (χ0) is 15.0. The number of nitrogens with zero attached hydrogens (tertiary/aromatic N) is 1. The van der Waals surface area contributed by atoms with E-state index in [1.54, 1.807) is 28.8 Å². The SMILES string of the molecule is Nc1cc(C(=O)N2CCSc3ccccc32)cc(Cl)c1Cl. The van der Waals surface area contributed by atoms with Gasteiger partial charge in [-0.05, 0) is 24.3 Å². The summed E-state index contributed by atoms with van der Waals surface area (Å²) < 4.78 is 0. The van der Waals surface area contributed by atoms with Crippen LogP contribution in [0, 0.1) is 0 Å². The van der Waals surface area contributed by atoms with Crippen molar-refractivity contribution >= 4 is 52.2 Å². The van der Waals surface area contributed by atoms with E-state index in [1.165, 1.54) is 0 Å². The van der Waals surface area contributed by atoms with Gasteiger partial charge >= 0.3 is 0 Å². The monoisotopic (exact) mass is 338 g/mol. The van der Waals surface area contributed by atoms with E-state index in [9.17, 15) is 4.79 Å². The molecule has 0 spiro atoms. The third-order valence-electron chi connectivity index (χ3n) is 3.28. The average Bonchev–Trinajstić information content (AvgIpc) is 2.51. The fourth-order valence-corrected chi connectivity index (χ4v) is 3.60. The van der Waals surface area contributed by atoms with Gasteiger partial charge in [0.25, 0.3) is 5.91 Å². The van der Waals surface area contributed by atoms with Crippen molar-refractivity contribution in [2.75, 3.05) is 22.9 Å². The van der Waals surface area contributed by atoms with Crippen molar-refractivity contribution in [3.05, 3.63) is 52.0 Å². The molecule has 0 bridgehead atoms. The molecule has 2 aromatic carbocycles. The lowest BCUT2D eigenvalue weighted by atomic mass is 10.1. The van der Waals surface area contributed by atoms with E-state index in [-0.39, 0.29) is 10.9 Å². The Labute approximate surface area is 137 Å². The van der Waals surface area contributed by atoms with Gasteiger partial charge in [-0.2, -0.15) is 0 Å². The van der Waals surface area contributed by atoms with Crippen molar-refractivity contribution in [2.45, 2.75) is 4.90 Å². The number of para-hydroxylation sites is 1. The number of benzene rings is 2. The summed E-state index contributed by atoms with van der Waals surface area (Å²) in [5.41, 5.74) is 7.47. The highest BCUT2D eigenvalue weighted by Crippen LogP contribution is 2.36. The standard InChI is InChI=1S/C15H12Cl2N2OS/c16-10-7-9(8-11(18)14(10)17)15(20)19-5-6-21-13-4-2-1-3-12(13)19/h1-4,7-8H,5-6,18H2. The van der Waals surface area contributed by atoms with Crippen LogP contribution in [0.2, 0.25) is 10.0 Å². The van der Waals surface area contributed by atoms with Crippen molar-refractivity contribution < 1.29 is 4.79 Å². The number of hydrogen-bond donors (Lipinski definition) is 1. The maximum absolute atomic E-state index is 12.7. The Balaban J connectivity index is 2.00. The number of rotatable bonds is 1. The molecule has 2 aromatic rings. The first kappa shape index (κ1) is 14.6. The van der Waals surface area contributed by atoms with Crippen LogP contribution in [0.15, 0.2) is 41.3 Å². The maximum Gasteiger partial charge on any atom is 0.258 e. The molecule has 0 unspecified atom stereocenters. The molecule has 108 valence electrons. The normalized spacial score (nSPS) is 13.9. The van der Waals surface area contributed by atoms with Gasteiger partial charge in [0.1, 0.15) is 0 Å². The van der Waals surface area contributed by atoms with Crippen molar-refractivity contribution in [1.29, 1.82) is 0 Å². The molecule has 2 N–H and O–H groups in total. The van der Waals surface area contributed by atoms with E-state index in [0.717, 1.165) is 16.3 Å². The highest BCUT2D eigenvalue weighted by atomic mass is 35.5. The number of nitrogens with two attached hydrogens (primary N) is 1. The van der Waals surface area contributed by atoms with Crippen LogP contribution in [0.4, 0.5) is 11.4 Å². The number of thioether (sulfide) groups is 1. The molecule has 0 radical (unpaired) electrons. The van der Waals surface area contributed by atoms with Gasteiger partial charge < -0.3 is 10.6 Å². The van der Waals surface area contributed by atoms with Crippen LogP contribution in [-0.4, -0.2) is 18.2 Å².